The molecule has 2 nitrogen and oxygen atoms in total. The number of aryl methyl sites for hydroxylation is 2. The van der Waals surface area contributed by atoms with Crippen LogP contribution in [-0.4, -0.2) is 36.8 Å². The van der Waals surface area contributed by atoms with Crippen LogP contribution in [-0.2, 0) is 0 Å². The molecule has 1 rings (SSSR count). The lowest BCUT2D eigenvalue weighted by Crippen LogP contribution is -3.00. The molecule has 3 heteroatoms. The summed E-state index contributed by atoms with van der Waals surface area (Å²) in [5.74, 6) is 1.07. The van der Waals surface area contributed by atoms with Gasteiger partial charge >= 0.3 is 0 Å². The van der Waals surface area contributed by atoms with Gasteiger partial charge < -0.3 is 33.2 Å². The van der Waals surface area contributed by atoms with Crippen LogP contribution in [0.4, 0.5) is 0 Å². The van der Waals surface area contributed by atoms with Crippen molar-refractivity contribution in [2.75, 3.05) is 26.2 Å². The first-order valence-corrected chi connectivity index (χ1v) is 7.55. The van der Waals surface area contributed by atoms with Crippen LogP contribution >= 0.6 is 0 Å². The molecule has 1 aromatic rings. The zero-order valence-corrected chi connectivity index (χ0v) is 16.0. The predicted molar refractivity (Wildman–Crippen MR) is 82.8 cm³/mol. The highest BCUT2D eigenvalue weighted by atomic mass is 127. The van der Waals surface area contributed by atoms with E-state index in [2.05, 4.69) is 59.7 Å². The first kappa shape index (κ1) is 19.7. The molecule has 0 aliphatic rings. The lowest BCUT2D eigenvalue weighted by Gasteiger charge is -2.41. The molecule has 0 bridgehead atoms. The minimum Gasteiger partial charge on any atom is -1.00 e. The van der Waals surface area contributed by atoms with Crippen molar-refractivity contribution in [3.05, 3.63) is 29.3 Å². The van der Waals surface area contributed by atoms with Gasteiger partial charge in [-0.3, -0.25) is 0 Å². The Balaban J connectivity index is 0.00000361. The minimum atomic E-state index is 0. The number of nitrogens with zero attached hydrogens (tertiary/aromatic N) is 1. The number of rotatable bonds is 7. The second-order valence-electron chi connectivity index (χ2n) is 5.55. The fraction of sp³-hybridized carbons (Fsp3) is 0.647. The Bertz CT molecular complexity index is 373. The molecule has 0 saturated carbocycles. The van der Waals surface area contributed by atoms with Crippen molar-refractivity contribution < 1.29 is 33.2 Å². The molecule has 0 spiro atoms. The summed E-state index contributed by atoms with van der Waals surface area (Å²) in [6.45, 7) is 17.7. The first-order valence-electron chi connectivity index (χ1n) is 7.55. The molecule has 0 saturated heterocycles. The van der Waals surface area contributed by atoms with Gasteiger partial charge in [0.05, 0.1) is 19.6 Å². The van der Waals surface area contributed by atoms with Crippen LogP contribution < -0.4 is 28.7 Å². The van der Waals surface area contributed by atoms with E-state index in [4.69, 9.17) is 4.74 Å². The van der Waals surface area contributed by atoms with E-state index in [1.807, 2.05) is 0 Å². The van der Waals surface area contributed by atoms with Gasteiger partial charge in [-0.15, -0.1) is 0 Å². The quantitative estimate of drug-likeness (QED) is 0.497. The third-order valence-corrected chi connectivity index (χ3v) is 4.70. The fourth-order valence-electron chi connectivity index (χ4n) is 2.99. The zero-order valence-electron chi connectivity index (χ0n) is 13.9. The minimum absolute atomic E-state index is 0. The Morgan fingerprint density at radius 1 is 1.00 bits per heavy atom. The molecular weight excluding hydrogens is 361 g/mol. The van der Waals surface area contributed by atoms with Crippen LogP contribution in [0.25, 0.3) is 0 Å². The van der Waals surface area contributed by atoms with Crippen molar-refractivity contribution in [3.63, 3.8) is 0 Å². The van der Waals surface area contributed by atoms with Crippen molar-refractivity contribution in [2.45, 2.75) is 47.6 Å². The smallest absolute Gasteiger partial charge is 0.140 e. The normalized spacial score (nSPS) is 12.7. The molecule has 0 fully saturated rings. The number of benzene rings is 1. The predicted octanol–water partition coefficient (Wildman–Crippen LogP) is 0.951. The third-order valence-electron chi connectivity index (χ3n) is 4.70. The van der Waals surface area contributed by atoms with E-state index in [0.717, 1.165) is 16.8 Å². The van der Waals surface area contributed by atoms with Gasteiger partial charge in [-0.25, -0.2) is 0 Å². The average molecular weight is 391 g/mol. The summed E-state index contributed by atoms with van der Waals surface area (Å²) < 4.78 is 7.26. The second kappa shape index (κ2) is 8.88. The van der Waals surface area contributed by atoms with Gasteiger partial charge in [0, 0.05) is 0 Å². The van der Waals surface area contributed by atoms with Crippen LogP contribution in [0.3, 0.4) is 0 Å². The number of likely N-dealkylation sites (N-methyl/N-ethyl adjacent to an activating group) is 1. The SMILES string of the molecule is CC[N+](CC)(CC)C(C)COc1c(C)cccc1C.[I-]. The summed E-state index contributed by atoms with van der Waals surface area (Å²) in [6.07, 6.45) is 0. The molecule has 0 amide bonds. The van der Waals surface area contributed by atoms with Gasteiger partial charge in [0.25, 0.3) is 0 Å². The van der Waals surface area contributed by atoms with Crippen molar-refractivity contribution in [1.82, 2.24) is 0 Å². The highest BCUT2D eigenvalue weighted by Gasteiger charge is 2.29. The number of para-hydroxylation sites is 1. The third kappa shape index (κ3) is 4.35. The molecule has 0 N–H and O–H groups in total. The van der Waals surface area contributed by atoms with E-state index in [-0.39, 0.29) is 24.0 Å². The molecule has 116 valence electrons. The highest BCUT2D eigenvalue weighted by Crippen LogP contribution is 2.23. The van der Waals surface area contributed by atoms with Gasteiger partial charge in [0.2, 0.25) is 0 Å². The van der Waals surface area contributed by atoms with Crippen LogP contribution in [0.5, 0.6) is 5.75 Å². The van der Waals surface area contributed by atoms with Gasteiger partial charge in [-0.05, 0) is 52.7 Å². The van der Waals surface area contributed by atoms with Crippen molar-refractivity contribution in [2.24, 2.45) is 0 Å². The van der Waals surface area contributed by atoms with Crippen LogP contribution in [0.2, 0.25) is 0 Å². The van der Waals surface area contributed by atoms with Gasteiger partial charge in [0.1, 0.15) is 18.4 Å². The maximum Gasteiger partial charge on any atom is 0.140 e. The van der Waals surface area contributed by atoms with Gasteiger partial charge in [-0.2, -0.15) is 0 Å². The van der Waals surface area contributed by atoms with Crippen LogP contribution in [0.15, 0.2) is 18.2 Å². The average Bonchev–Trinajstić information content (AvgIpc) is 2.41. The number of ether oxygens (including phenoxy) is 1. The van der Waals surface area contributed by atoms with E-state index >= 15 is 0 Å². The Hall–Kier alpha value is -0.290. The van der Waals surface area contributed by atoms with Crippen molar-refractivity contribution >= 4 is 0 Å². The monoisotopic (exact) mass is 391 g/mol. The summed E-state index contributed by atoms with van der Waals surface area (Å²) in [6, 6.07) is 6.85. The van der Waals surface area contributed by atoms with E-state index in [9.17, 15) is 0 Å². The first-order chi connectivity index (χ1) is 9.00. The lowest BCUT2D eigenvalue weighted by atomic mass is 10.1. The number of halogens is 1. The van der Waals surface area contributed by atoms with Crippen LogP contribution in [0.1, 0.15) is 38.8 Å². The number of quaternary nitrogens is 1. The zero-order chi connectivity index (χ0) is 14.5. The molecular formula is C17H30INO. The van der Waals surface area contributed by atoms with E-state index in [0.29, 0.717) is 6.04 Å². The van der Waals surface area contributed by atoms with Crippen molar-refractivity contribution in [1.29, 1.82) is 0 Å². The molecule has 0 heterocycles. The lowest BCUT2D eigenvalue weighted by molar-refractivity contribution is -0.944. The summed E-state index contributed by atoms with van der Waals surface area (Å²) in [5.41, 5.74) is 2.46. The molecule has 1 aromatic carbocycles. The van der Waals surface area contributed by atoms with E-state index in [1.54, 1.807) is 0 Å². The fourth-order valence-corrected chi connectivity index (χ4v) is 2.99. The molecule has 1 unspecified atom stereocenters. The Kier molecular flexibility index (Phi) is 8.75. The molecule has 0 aliphatic carbocycles. The molecule has 1 atom stereocenters. The standard InChI is InChI=1S/C17H30NO.HI/c1-7-18(8-2,9-3)16(6)13-19-17-14(4)11-10-12-15(17)5;/h10-12,16H,7-9,13H2,1-6H3;1H/q+1;/p-1. The summed E-state index contributed by atoms with van der Waals surface area (Å²) >= 11 is 0. The Morgan fingerprint density at radius 2 is 1.45 bits per heavy atom. The molecule has 0 aromatic heterocycles. The molecule has 0 aliphatic heterocycles. The van der Waals surface area contributed by atoms with Gasteiger partial charge in [0.15, 0.2) is 0 Å². The number of hydrogen-bond acceptors (Lipinski definition) is 1. The Morgan fingerprint density at radius 3 is 1.85 bits per heavy atom. The molecule has 0 radical (unpaired) electrons. The summed E-state index contributed by atoms with van der Waals surface area (Å²) in [5, 5.41) is 0. The highest BCUT2D eigenvalue weighted by molar-refractivity contribution is 5.39. The largest absolute Gasteiger partial charge is 1.00 e. The Labute approximate surface area is 142 Å². The van der Waals surface area contributed by atoms with E-state index < -0.39 is 0 Å². The molecule has 20 heavy (non-hydrogen) atoms. The van der Waals surface area contributed by atoms with Crippen molar-refractivity contribution in [3.8, 4) is 5.75 Å². The van der Waals surface area contributed by atoms with Crippen LogP contribution in [0, 0.1) is 13.8 Å². The summed E-state index contributed by atoms with van der Waals surface area (Å²) in [7, 11) is 0. The topological polar surface area (TPSA) is 9.23 Å². The maximum atomic E-state index is 6.13. The van der Waals surface area contributed by atoms with E-state index in [1.165, 1.54) is 30.8 Å². The maximum absolute atomic E-state index is 6.13. The number of hydrogen-bond donors (Lipinski definition) is 0. The summed E-state index contributed by atoms with van der Waals surface area (Å²) in [4.78, 5) is 0. The second-order valence-corrected chi connectivity index (χ2v) is 5.55. The van der Waals surface area contributed by atoms with Gasteiger partial charge in [-0.1, -0.05) is 18.2 Å².